The van der Waals surface area contributed by atoms with E-state index in [1.54, 1.807) is 5.38 Å². The molecule has 18 heavy (non-hydrogen) atoms. The molecule has 2 aromatic heterocycles. The van der Waals surface area contributed by atoms with Crippen LogP contribution in [-0.2, 0) is 19.4 Å². The van der Waals surface area contributed by atoms with Crippen LogP contribution < -0.4 is 0 Å². The van der Waals surface area contributed by atoms with Crippen molar-refractivity contribution < 1.29 is 4.79 Å². The molecule has 0 aliphatic heterocycles. The number of rotatable bonds is 5. The molecule has 2 aromatic rings. The highest BCUT2D eigenvalue weighted by atomic mass is 79.9. The number of halogens is 1. The van der Waals surface area contributed by atoms with Crippen LogP contribution in [0.25, 0.3) is 0 Å². The largest absolute Gasteiger partial charge is 0.292 e. The summed E-state index contributed by atoms with van der Waals surface area (Å²) < 4.78 is 6.50. The van der Waals surface area contributed by atoms with Gasteiger partial charge in [0.2, 0.25) is 0 Å². The molecule has 2 rings (SSSR count). The number of Topliss-reactive ketones (excluding diaryl/α,β-unsaturated/α-hetero) is 1. The zero-order valence-corrected chi connectivity index (χ0v) is 12.6. The van der Waals surface area contributed by atoms with Crippen molar-refractivity contribution >= 4 is 33.2 Å². The molecule has 2 heterocycles. The molecule has 5 nitrogen and oxygen atoms in total. The second-order valence-corrected chi connectivity index (χ2v) is 5.17. The van der Waals surface area contributed by atoms with Gasteiger partial charge in [-0.2, -0.15) is 5.10 Å². The zero-order valence-electron chi connectivity index (χ0n) is 10.2. The zero-order chi connectivity index (χ0) is 13.1. The molecular formula is C11H13BrN4OS. The van der Waals surface area contributed by atoms with Gasteiger partial charge in [-0.15, -0.1) is 5.10 Å². The van der Waals surface area contributed by atoms with Crippen LogP contribution >= 0.6 is 27.5 Å². The highest BCUT2D eigenvalue weighted by Gasteiger charge is 2.18. The van der Waals surface area contributed by atoms with Crippen molar-refractivity contribution in [2.45, 2.75) is 33.2 Å². The Morgan fingerprint density at radius 1 is 1.50 bits per heavy atom. The second-order valence-electron chi connectivity index (χ2n) is 3.77. The van der Waals surface area contributed by atoms with Crippen molar-refractivity contribution in [3.05, 3.63) is 26.9 Å². The van der Waals surface area contributed by atoms with Gasteiger partial charge < -0.3 is 0 Å². The first-order chi connectivity index (χ1) is 8.67. The van der Waals surface area contributed by atoms with E-state index in [1.807, 2.05) is 18.5 Å². The third-order valence-electron chi connectivity index (χ3n) is 2.67. The average Bonchev–Trinajstić information content (AvgIpc) is 2.99. The molecule has 0 saturated heterocycles. The van der Waals surface area contributed by atoms with E-state index in [4.69, 9.17) is 0 Å². The van der Waals surface area contributed by atoms with E-state index >= 15 is 0 Å². The highest BCUT2D eigenvalue weighted by molar-refractivity contribution is 9.10. The number of carbonyl (C=O) groups excluding carboxylic acids is 1. The molecule has 0 fully saturated rings. The molecule has 0 spiro atoms. The summed E-state index contributed by atoms with van der Waals surface area (Å²) in [5, 5.41) is 9.93. The van der Waals surface area contributed by atoms with Crippen molar-refractivity contribution in [2.75, 3.05) is 0 Å². The summed E-state index contributed by atoms with van der Waals surface area (Å²) in [5.41, 5.74) is 2.32. The van der Waals surface area contributed by atoms with Crippen LogP contribution in [0, 0.1) is 0 Å². The topological polar surface area (TPSA) is 60.7 Å². The van der Waals surface area contributed by atoms with Gasteiger partial charge in [-0.3, -0.25) is 9.48 Å². The summed E-state index contributed by atoms with van der Waals surface area (Å²) in [6.07, 6.45) is 1.14. The Bertz CT molecular complexity index is 550. The van der Waals surface area contributed by atoms with E-state index in [2.05, 4.69) is 30.6 Å². The summed E-state index contributed by atoms with van der Waals surface area (Å²) in [4.78, 5) is 12.0. The van der Waals surface area contributed by atoms with Crippen molar-refractivity contribution in [2.24, 2.45) is 0 Å². The number of hydrogen-bond acceptors (Lipinski definition) is 5. The molecule has 7 heteroatoms. The maximum absolute atomic E-state index is 12.0. The Morgan fingerprint density at radius 3 is 2.83 bits per heavy atom. The van der Waals surface area contributed by atoms with Crippen LogP contribution in [0.4, 0.5) is 0 Å². The molecule has 0 unspecified atom stereocenters. The van der Waals surface area contributed by atoms with Crippen molar-refractivity contribution in [1.29, 1.82) is 0 Å². The SMILES string of the molecule is CCc1nn(CC)c(CC(=O)c2csnn2)c1Br. The van der Waals surface area contributed by atoms with E-state index in [1.165, 1.54) is 11.5 Å². The number of carbonyl (C=O) groups is 1. The molecule has 0 atom stereocenters. The molecule has 96 valence electrons. The molecule has 0 amide bonds. The quantitative estimate of drug-likeness (QED) is 0.791. The first kappa shape index (κ1) is 13.4. The Labute approximate surface area is 118 Å². The van der Waals surface area contributed by atoms with Crippen LogP contribution in [-0.4, -0.2) is 25.2 Å². The number of ketones is 1. The summed E-state index contributed by atoms with van der Waals surface area (Å²) >= 11 is 4.71. The minimum atomic E-state index is -0.0262. The number of hydrogen-bond donors (Lipinski definition) is 0. The molecule has 0 saturated carbocycles. The van der Waals surface area contributed by atoms with E-state index < -0.39 is 0 Å². The van der Waals surface area contributed by atoms with Crippen molar-refractivity contribution in [3.63, 3.8) is 0 Å². The van der Waals surface area contributed by atoms with E-state index in [9.17, 15) is 4.79 Å². The van der Waals surface area contributed by atoms with Gasteiger partial charge in [0.1, 0.15) is 5.69 Å². The van der Waals surface area contributed by atoms with Gasteiger partial charge in [-0.1, -0.05) is 11.4 Å². The smallest absolute Gasteiger partial charge is 0.189 e. The predicted octanol–water partition coefficient (Wildman–Crippen LogP) is 2.50. The van der Waals surface area contributed by atoms with Crippen molar-refractivity contribution in [3.8, 4) is 0 Å². The van der Waals surface area contributed by atoms with Crippen LogP contribution in [0.15, 0.2) is 9.85 Å². The monoisotopic (exact) mass is 328 g/mol. The maximum atomic E-state index is 12.0. The van der Waals surface area contributed by atoms with Gasteiger partial charge in [-0.05, 0) is 40.8 Å². The molecule has 0 aromatic carbocycles. The van der Waals surface area contributed by atoms with Gasteiger partial charge in [0.15, 0.2) is 5.78 Å². The van der Waals surface area contributed by atoms with E-state index in [0.717, 1.165) is 28.8 Å². The van der Waals surface area contributed by atoms with Gasteiger partial charge in [0.05, 0.1) is 22.3 Å². The third kappa shape index (κ3) is 2.51. The second kappa shape index (κ2) is 5.71. The lowest BCUT2D eigenvalue weighted by Gasteiger charge is -2.03. The Kier molecular flexibility index (Phi) is 4.23. The van der Waals surface area contributed by atoms with Crippen molar-refractivity contribution in [1.82, 2.24) is 19.4 Å². The van der Waals surface area contributed by atoms with Crippen LogP contribution in [0.5, 0.6) is 0 Å². The number of aryl methyl sites for hydroxylation is 2. The third-order valence-corrected chi connectivity index (χ3v) is 4.09. The predicted molar refractivity (Wildman–Crippen MR) is 72.9 cm³/mol. The summed E-state index contributed by atoms with van der Waals surface area (Å²) in [6.45, 7) is 4.80. The molecule has 0 aliphatic carbocycles. The van der Waals surface area contributed by atoms with Gasteiger partial charge >= 0.3 is 0 Å². The van der Waals surface area contributed by atoms with E-state index in [-0.39, 0.29) is 5.78 Å². The van der Waals surface area contributed by atoms with Crippen LogP contribution in [0.3, 0.4) is 0 Å². The molecule has 0 N–H and O–H groups in total. The fourth-order valence-corrected chi connectivity index (χ4v) is 2.88. The standard InChI is InChI=1S/C11H13BrN4OS/c1-3-7-11(12)9(16(4-2)14-7)5-10(17)8-6-18-15-13-8/h6H,3-5H2,1-2H3. The number of aromatic nitrogens is 4. The normalized spacial score (nSPS) is 10.8. The van der Waals surface area contributed by atoms with Crippen LogP contribution in [0.1, 0.15) is 35.7 Å². The maximum Gasteiger partial charge on any atom is 0.189 e. The summed E-state index contributed by atoms with van der Waals surface area (Å²) in [5.74, 6) is -0.0262. The Balaban J connectivity index is 2.28. The molecule has 0 aliphatic rings. The Hall–Kier alpha value is -1.08. The first-order valence-electron chi connectivity index (χ1n) is 5.71. The average molecular weight is 329 g/mol. The lowest BCUT2D eigenvalue weighted by molar-refractivity contribution is 0.0985. The minimum Gasteiger partial charge on any atom is -0.292 e. The Morgan fingerprint density at radius 2 is 2.28 bits per heavy atom. The number of nitrogens with zero attached hydrogens (tertiary/aromatic N) is 4. The molecule has 0 bridgehead atoms. The van der Waals surface area contributed by atoms with Gasteiger partial charge in [0.25, 0.3) is 0 Å². The lowest BCUT2D eigenvalue weighted by Crippen LogP contribution is -2.10. The van der Waals surface area contributed by atoms with E-state index in [0.29, 0.717) is 12.1 Å². The summed E-state index contributed by atoms with van der Waals surface area (Å²) in [7, 11) is 0. The van der Waals surface area contributed by atoms with Gasteiger partial charge in [-0.25, -0.2) is 0 Å². The fourth-order valence-electron chi connectivity index (χ4n) is 1.71. The fraction of sp³-hybridized carbons (Fsp3) is 0.455. The lowest BCUT2D eigenvalue weighted by atomic mass is 10.1. The van der Waals surface area contributed by atoms with Crippen LogP contribution in [0.2, 0.25) is 0 Å². The first-order valence-corrected chi connectivity index (χ1v) is 7.34. The van der Waals surface area contributed by atoms with Gasteiger partial charge in [0, 0.05) is 11.9 Å². The molecule has 0 radical (unpaired) electrons. The minimum absolute atomic E-state index is 0.0262. The summed E-state index contributed by atoms with van der Waals surface area (Å²) in [6, 6.07) is 0. The molecular weight excluding hydrogens is 316 g/mol. The highest BCUT2D eigenvalue weighted by Crippen LogP contribution is 2.23.